The standard InChI is InChI=1S/C26H24N2O2/c1-30-24-13-6-5-10-19(24)20-11-7-12-23-25(20)21-14-16-28(17-15-22(21)27-23)26(29)18-8-3-2-4-9-18/h2-13,27H,14-17H2,1H3. The van der Waals surface area contributed by atoms with Crippen molar-refractivity contribution in [2.24, 2.45) is 0 Å². The van der Waals surface area contributed by atoms with E-state index < -0.39 is 0 Å². The zero-order valence-electron chi connectivity index (χ0n) is 17.0. The molecule has 0 fully saturated rings. The summed E-state index contributed by atoms with van der Waals surface area (Å²) in [6.07, 6.45) is 1.66. The minimum atomic E-state index is 0.106. The van der Waals surface area contributed by atoms with E-state index in [9.17, 15) is 4.79 Å². The number of nitrogens with one attached hydrogen (secondary N) is 1. The van der Waals surface area contributed by atoms with Gasteiger partial charge in [-0.15, -0.1) is 0 Å². The third-order valence-electron chi connectivity index (χ3n) is 5.98. The summed E-state index contributed by atoms with van der Waals surface area (Å²) < 4.78 is 5.63. The number of fused-ring (bicyclic) bond motifs is 3. The zero-order chi connectivity index (χ0) is 20.5. The predicted octanol–water partition coefficient (Wildman–Crippen LogP) is 5.08. The largest absolute Gasteiger partial charge is 0.496 e. The fourth-order valence-electron chi connectivity index (χ4n) is 4.52. The van der Waals surface area contributed by atoms with Gasteiger partial charge in [0.1, 0.15) is 5.75 Å². The van der Waals surface area contributed by atoms with Gasteiger partial charge in [-0.1, -0.05) is 48.5 Å². The molecule has 1 aliphatic rings. The number of carbonyl (C=O) groups excluding carboxylic acids is 1. The van der Waals surface area contributed by atoms with E-state index in [-0.39, 0.29) is 5.91 Å². The van der Waals surface area contributed by atoms with Gasteiger partial charge in [0.25, 0.3) is 5.91 Å². The summed E-state index contributed by atoms with van der Waals surface area (Å²) in [4.78, 5) is 18.6. The monoisotopic (exact) mass is 396 g/mol. The lowest BCUT2D eigenvalue weighted by molar-refractivity contribution is 0.0763. The van der Waals surface area contributed by atoms with E-state index >= 15 is 0 Å². The van der Waals surface area contributed by atoms with Gasteiger partial charge in [-0.05, 0) is 41.8 Å². The lowest BCUT2D eigenvalue weighted by atomic mass is 9.96. The van der Waals surface area contributed by atoms with Crippen LogP contribution >= 0.6 is 0 Å². The summed E-state index contributed by atoms with van der Waals surface area (Å²) in [5, 5.41) is 1.24. The van der Waals surface area contributed by atoms with Crippen LogP contribution in [0.25, 0.3) is 22.0 Å². The van der Waals surface area contributed by atoms with Crippen molar-refractivity contribution in [2.45, 2.75) is 12.8 Å². The maximum Gasteiger partial charge on any atom is 0.253 e. The van der Waals surface area contributed by atoms with Gasteiger partial charge in [0.2, 0.25) is 0 Å². The second kappa shape index (κ2) is 7.71. The van der Waals surface area contributed by atoms with Crippen LogP contribution in [0.1, 0.15) is 21.6 Å². The minimum absolute atomic E-state index is 0.106. The molecule has 0 radical (unpaired) electrons. The number of para-hydroxylation sites is 1. The summed E-state index contributed by atoms with van der Waals surface area (Å²) in [5.74, 6) is 0.976. The molecule has 1 N–H and O–H groups in total. The van der Waals surface area contributed by atoms with Gasteiger partial charge in [-0.2, -0.15) is 0 Å². The number of carbonyl (C=O) groups is 1. The summed E-state index contributed by atoms with van der Waals surface area (Å²) >= 11 is 0. The number of amides is 1. The number of nitrogens with zero attached hydrogens (tertiary/aromatic N) is 1. The summed E-state index contributed by atoms with van der Waals surface area (Å²) in [6.45, 7) is 1.44. The van der Waals surface area contributed by atoms with Crippen LogP contribution in [0.5, 0.6) is 5.75 Å². The molecule has 0 atom stereocenters. The first-order chi connectivity index (χ1) is 14.8. The summed E-state index contributed by atoms with van der Waals surface area (Å²) in [5.41, 5.74) is 6.71. The Morgan fingerprint density at radius 2 is 1.60 bits per heavy atom. The average molecular weight is 396 g/mol. The Bertz CT molecular complexity index is 1210. The van der Waals surface area contributed by atoms with Crippen molar-refractivity contribution in [1.82, 2.24) is 9.88 Å². The van der Waals surface area contributed by atoms with E-state index in [1.54, 1.807) is 7.11 Å². The molecule has 0 unspecified atom stereocenters. The normalized spacial score (nSPS) is 13.7. The SMILES string of the molecule is COc1ccccc1-c1cccc2[nH]c3c(c12)CCN(C(=O)c1ccccc1)CC3. The highest BCUT2D eigenvalue weighted by molar-refractivity contribution is 6.00. The molecule has 0 bridgehead atoms. The van der Waals surface area contributed by atoms with Gasteiger partial charge in [0.05, 0.1) is 7.11 Å². The van der Waals surface area contributed by atoms with Crippen molar-refractivity contribution in [1.29, 1.82) is 0 Å². The molecular formula is C26H24N2O2. The summed E-state index contributed by atoms with van der Waals surface area (Å²) in [7, 11) is 1.71. The molecule has 0 saturated carbocycles. The Balaban J connectivity index is 1.53. The molecule has 1 aromatic heterocycles. The zero-order valence-corrected chi connectivity index (χ0v) is 17.0. The number of methoxy groups -OCH3 is 1. The third kappa shape index (κ3) is 3.14. The Labute approximate surface area is 176 Å². The van der Waals surface area contributed by atoms with Gasteiger partial charge >= 0.3 is 0 Å². The molecule has 2 heterocycles. The van der Waals surface area contributed by atoms with Gasteiger partial charge in [-0.3, -0.25) is 4.79 Å². The number of aromatic amines is 1. The molecule has 4 heteroatoms. The van der Waals surface area contributed by atoms with Crippen molar-refractivity contribution in [3.8, 4) is 16.9 Å². The van der Waals surface area contributed by atoms with E-state index in [0.717, 1.165) is 41.8 Å². The average Bonchev–Trinajstić information content (AvgIpc) is 3.04. The Hall–Kier alpha value is -3.53. The molecule has 150 valence electrons. The Morgan fingerprint density at radius 1 is 0.867 bits per heavy atom. The van der Waals surface area contributed by atoms with Gasteiger partial charge in [-0.25, -0.2) is 0 Å². The number of rotatable bonds is 3. The molecule has 1 aliphatic heterocycles. The molecule has 30 heavy (non-hydrogen) atoms. The molecule has 1 amide bonds. The highest BCUT2D eigenvalue weighted by Crippen LogP contribution is 2.38. The fraction of sp³-hybridized carbons (Fsp3) is 0.192. The lowest BCUT2D eigenvalue weighted by Gasteiger charge is -2.20. The van der Waals surface area contributed by atoms with E-state index in [1.165, 1.54) is 22.2 Å². The number of hydrogen-bond donors (Lipinski definition) is 1. The predicted molar refractivity (Wildman–Crippen MR) is 120 cm³/mol. The lowest BCUT2D eigenvalue weighted by Crippen LogP contribution is -2.33. The topological polar surface area (TPSA) is 45.3 Å². The molecule has 4 aromatic rings. The minimum Gasteiger partial charge on any atom is -0.496 e. The number of H-pyrrole nitrogens is 1. The van der Waals surface area contributed by atoms with Crippen molar-refractivity contribution < 1.29 is 9.53 Å². The first-order valence-corrected chi connectivity index (χ1v) is 10.4. The second-order valence-electron chi connectivity index (χ2n) is 7.67. The van der Waals surface area contributed by atoms with Crippen LogP contribution in [-0.2, 0) is 12.8 Å². The highest BCUT2D eigenvalue weighted by atomic mass is 16.5. The van der Waals surface area contributed by atoms with Gasteiger partial charge in [0, 0.05) is 47.2 Å². The molecule has 0 aliphatic carbocycles. The van der Waals surface area contributed by atoms with Crippen molar-refractivity contribution in [2.75, 3.05) is 20.2 Å². The van der Waals surface area contributed by atoms with Crippen LogP contribution in [0.15, 0.2) is 72.8 Å². The number of aromatic nitrogens is 1. The van der Waals surface area contributed by atoms with E-state index in [4.69, 9.17) is 4.74 Å². The van der Waals surface area contributed by atoms with E-state index in [0.29, 0.717) is 6.54 Å². The Morgan fingerprint density at radius 3 is 2.43 bits per heavy atom. The van der Waals surface area contributed by atoms with Crippen molar-refractivity contribution >= 4 is 16.8 Å². The van der Waals surface area contributed by atoms with Crippen LogP contribution in [0, 0.1) is 0 Å². The van der Waals surface area contributed by atoms with Crippen molar-refractivity contribution in [3.05, 3.63) is 89.6 Å². The maximum atomic E-state index is 13.0. The molecule has 0 saturated heterocycles. The first kappa shape index (κ1) is 18.5. The fourth-order valence-corrected chi connectivity index (χ4v) is 4.52. The van der Waals surface area contributed by atoms with Crippen LogP contribution in [-0.4, -0.2) is 36.0 Å². The second-order valence-corrected chi connectivity index (χ2v) is 7.67. The van der Waals surface area contributed by atoms with Crippen molar-refractivity contribution in [3.63, 3.8) is 0 Å². The van der Waals surface area contributed by atoms with Crippen LogP contribution in [0.2, 0.25) is 0 Å². The third-order valence-corrected chi connectivity index (χ3v) is 5.98. The van der Waals surface area contributed by atoms with E-state index in [1.807, 2.05) is 53.4 Å². The summed E-state index contributed by atoms with van der Waals surface area (Å²) in [6, 6.07) is 24.1. The molecular weight excluding hydrogens is 372 g/mol. The maximum absolute atomic E-state index is 13.0. The quantitative estimate of drug-likeness (QED) is 0.525. The number of ether oxygens (including phenoxy) is 1. The van der Waals surface area contributed by atoms with Gasteiger partial charge < -0.3 is 14.6 Å². The highest BCUT2D eigenvalue weighted by Gasteiger charge is 2.24. The van der Waals surface area contributed by atoms with Gasteiger partial charge in [0.15, 0.2) is 0 Å². The van der Waals surface area contributed by atoms with Crippen LogP contribution in [0.4, 0.5) is 0 Å². The van der Waals surface area contributed by atoms with Crippen LogP contribution in [0.3, 0.4) is 0 Å². The van der Waals surface area contributed by atoms with Crippen LogP contribution < -0.4 is 4.74 Å². The molecule has 5 rings (SSSR count). The smallest absolute Gasteiger partial charge is 0.253 e. The Kier molecular flexibility index (Phi) is 4.75. The van der Waals surface area contributed by atoms with E-state index in [2.05, 4.69) is 29.2 Å². The number of benzene rings is 3. The first-order valence-electron chi connectivity index (χ1n) is 10.4. The molecule has 4 nitrogen and oxygen atoms in total. The molecule has 3 aromatic carbocycles. The molecule has 0 spiro atoms. The number of hydrogen-bond acceptors (Lipinski definition) is 2.